The summed E-state index contributed by atoms with van der Waals surface area (Å²) in [5, 5.41) is 17.0. The summed E-state index contributed by atoms with van der Waals surface area (Å²) >= 11 is 0. The highest BCUT2D eigenvalue weighted by molar-refractivity contribution is 5.73. The van der Waals surface area contributed by atoms with Gasteiger partial charge in [0.25, 0.3) is 0 Å². The van der Waals surface area contributed by atoms with Crippen LogP contribution < -0.4 is 0 Å². The lowest BCUT2D eigenvalue weighted by Crippen LogP contribution is -2.32. The third kappa shape index (κ3) is 13.0. The first-order chi connectivity index (χ1) is 17.5. The summed E-state index contributed by atoms with van der Waals surface area (Å²) in [7, 11) is 0. The quantitative estimate of drug-likeness (QED) is 0.311. The van der Waals surface area contributed by atoms with E-state index in [0.717, 1.165) is 36.0 Å². The molecule has 0 amide bonds. The highest BCUT2D eigenvalue weighted by Crippen LogP contribution is 2.45. The maximum absolute atomic E-state index is 10.5. The van der Waals surface area contributed by atoms with Gasteiger partial charge in [-0.05, 0) is 80.6 Å². The summed E-state index contributed by atoms with van der Waals surface area (Å²) in [5.41, 5.74) is 1.10. The van der Waals surface area contributed by atoms with E-state index in [0.29, 0.717) is 19.4 Å². The molecule has 2 aliphatic carbocycles. The zero-order chi connectivity index (χ0) is 29.2. The number of carboxylic acids is 1. The van der Waals surface area contributed by atoms with E-state index in [1.165, 1.54) is 19.3 Å². The molecule has 6 atom stereocenters. The number of hydrogen-bond acceptors (Lipinski definition) is 4. The van der Waals surface area contributed by atoms with E-state index in [-0.39, 0.29) is 18.5 Å². The van der Waals surface area contributed by atoms with Crippen LogP contribution in [0.4, 0.5) is 0 Å². The summed E-state index contributed by atoms with van der Waals surface area (Å²) in [4.78, 5) is 20.8. The summed E-state index contributed by atoms with van der Waals surface area (Å²) < 4.78 is 4.66. The molecule has 0 aromatic rings. The second-order valence-corrected chi connectivity index (χ2v) is 10.8. The Morgan fingerprint density at radius 1 is 1.14 bits per heavy atom. The number of allylic oxidation sites excluding steroid dienone is 4. The Hall–Kier alpha value is -2.50. The maximum atomic E-state index is 10.5. The molecule has 1 saturated heterocycles. The highest BCUT2D eigenvalue weighted by atomic mass is 16.5. The number of terminal acetylenes is 2. The molecular formula is C32H52O5. The standard InChI is InChI=1S/C16H26.C6H10O3.C6H12O2.2C2H2/c1-5-12(3)16-13(4)7-8-14-10-11(2)6-9-15(14)16;7-4-5-1-2-9-6(8)3-5;1-4-6(2,3)5(7)8;2*1-2/h7-8,10-13,15-16H,5-6,9H2,1-4H3;5,7H,1-4H2;4H2,1-3H3,(H,7,8);2*1-2H/t11-,12+,13+,15+,16?;5-;;;/m11.../s1. The van der Waals surface area contributed by atoms with Crippen LogP contribution in [0.3, 0.4) is 0 Å². The van der Waals surface area contributed by atoms with Crippen LogP contribution in [0.15, 0.2) is 23.8 Å². The second kappa shape index (κ2) is 19.6. The Morgan fingerprint density at radius 2 is 1.73 bits per heavy atom. The number of carboxylic acid groups (broad SMARTS) is 1. The van der Waals surface area contributed by atoms with Crippen molar-refractivity contribution >= 4 is 11.9 Å². The van der Waals surface area contributed by atoms with Crippen molar-refractivity contribution in [3.63, 3.8) is 0 Å². The highest BCUT2D eigenvalue weighted by Gasteiger charge is 2.35. The van der Waals surface area contributed by atoms with Gasteiger partial charge in [-0.1, -0.05) is 59.3 Å². The average molecular weight is 517 g/mol. The first-order valence-electron chi connectivity index (χ1n) is 13.5. The number of aliphatic hydroxyl groups excluding tert-OH is 1. The molecule has 1 unspecified atom stereocenters. The van der Waals surface area contributed by atoms with Crippen LogP contribution in [0.1, 0.15) is 87.0 Å². The number of aliphatic hydroxyl groups is 1. The first-order valence-corrected chi connectivity index (χ1v) is 13.5. The molecule has 5 heteroatoms. The molecule has 0 aromatic carbocycles. The SMILES string of the molecule is C#C.C#C.CCC(C)(C)C(=O)O.CC[C@H](C)C1[C@@H](C)C=CC2=C[C@H](C)CC[C@@H]21.O=C1C[C@H](CO)CCO1. The van der Waals surface area contributed by atoms with Crippen molar-refractivity contribution in [2.75, 3.05) is 13.2 Å². The summed E-state index contributed by atoms with van der Waals surface area (Å²) in [5.74, 6) is 3.40. The van der Waals surface area contributed by atoms with Crippen molar-refractivity contribution in [1.82, 2.24) is 0 Å². The third-order valence-corrected chi connectivity index (χ3v) is 7.77. The molecule has 37 heavy (non-hydrogen) atoms. The summed E-state index contributed by atoms with van der Waals surface area (Å²) in [6.45, 7) is 15.4. The molecule has 0 radical (unpaired) electrons. The Labute approximate surface area is 227 Å². The van der Waals surface area contributed by atoms with E-state index < -0.39 is 11.4 Å². The molecule has 0 aromatic heterocycles. The zero-order valence-corrected chi connectivity index (χ0v) is 24.3. The van der Waals surface area contributed by atoms with E-state index in [4.69, 9.17) is 10.2 Å². The predicted octanol–water partition coefficient (Wildman–Crippen LogP) is 6.77. The molecular weight excluding hydrogens is 464 g/mol. The minimum Gasteiger partial charge on any atom is -0.481 e. The van der Waals surface area contributed by atoms with Gasteiger partial charge in [0.15, 0.2) is 0 Å². The minimum absolute atomic E-state index is 0.106. The van der Waals surface area contributed by atoms with Crippen LogP contribution in [0.25, 0.3) is 0 Å². The Kier molecular flexibility index (Phi) is 19.4. The Balaban J connectivity index is 0. The molecule has 2 N–H and O–H groups in total. The van der Waals surface area contributed by atoms with Gasteiger partial charge in [-0.2, -0.15) is 0 Å². The van der Waals surface area contributed by atoms with Crippen molar-refractivity contribution < 1.29 is 24.5 Å². The van der Waals surface area contributed by atoms with E-state index in [1.807, 2.05) is 6.92 Å². The fourth-order valence-electron chi connectivity index (χ4n) is 4.73. The molecule has 0 spiro atoms. The molecule has 1 aliphatic heterocycles. The fourth-order valence-corrected chi connectivity index (χ4v) is 4.73. The lowest BCUT2D eigenvalue weighted by atomic mass is 9.64. The number of esters is 1. The lowest BCUT2D eigenvalue weighted by Gasteiger charge is -2.41. The molecule has 0 bridgehead atoms. The van der Waals surface area contributed by atoms with Crippen molar-refractivity contribution in [3.05, 3.63) is 23.8 Å². The minimum atomic E-state index is -0.722. The Bertz CT molecular complexity index is 752. The van der Waals surface area contributed by atoms with Crippen LogP contribution in [-0.4, -0.2) is 35.4 Å². The number of ether oxygens (including phenoxy) is 1. The van der Waals surface area contributed by atoms with Gasteiger partial charge in [-0.15, -0.1) is 25.7 Å². The first kappa shape index (κ1) is 36.7. The summed E-state index contributed by atoms with van der Waals surface area (Å²) in [6.07, 6.45) is 29.4. The normalized spacial score (nSPS) is 26.6. The van der Waals surface area contributed by atoms with Crippen LogP contribution in [0, 0.1) is 66.6 Å². The largest absolute Gasteiger partial charge is 0.481 e. The van der Waals surface area contributed by atoms with E-state index >= 15 is 0 Å². The summed E-state index contributed by atoms with van der Waals surface area (Å²) in [6, 6.07) is 0. The van der Waals surface area contributed by atoms with E-state index in [1.54, 1.807) is 19.4 Å². The fraction of sp³-hybridized carbons (Fsp3) is 0.688. The Morgan fingerprint density at radius 3 is 2.14 bits per heavy atom. The molecule has 210 valence electrons. The number of aliphatic carboxylic acids is 1. The van der Waals surface area contributed by atoms with Gasteiger partial charge in [0.1, 0.15) is 0 Å². The lowest BCUT2D eigenvalue weighted by molar-refractivity contribution is -0.150. The van der Waals surface area contributed by atoms with Gasteiger partial charge in [0.2, 0.25) is 0 Å². The molecule has 3 rings (SSSR count). The van der Waals surface area contributed by atoms with Crippen molar-refractivity contribution in [1.29, 1.82) is 0 Å². The molecule has 1 heterocycles. The van der Waals surface area contributed by atoms with E-state index in [2.05, 4.69) is 76.4 Å². The van der Waals surface area contributed by atoms with Crippen molar-refractivity contribution in [3.8, 4) is 25.7 Å². The topological polar surface area (TPSA) is 83.8 Å². The third-order valence-electron chi connectivity index (χ3n) is 7.77. The van der Waals surface area contributed by atoms with Gasteiger partial charge in [0, 0.05) is 6.61 Å². The smallest absolute Gasteiger partial charge is 0.309 e. The maximum Gasteiger partial charge on any atom is 0.309 e. The molecule has 0 saturated carbocycles. The predicted molar refractivity (Wildman–Crippen MR) is 153 cm³/mol. The van der Waals surface area contributed by atoms with Crippen molar-refractivity contribution in [2.24, 2.45) is 40.9 Å². The van der Waals surface area contributed by atoms with Gasteiger partial charge < -0.3 is 14.9 Å². The molecule has 3 aliphatic rings. The van der Waals surface area contributed by atoms with Crippen LogP contribution in [0.2, 0.25) is 0 Å². The van der Waals surface area contributed by atoms with Crippen LogP contribution in [0.5, 0.6) is 0 Å². The molecule has 1 fully saturated rings. The number of cyclic esters (lactones) is 1. The molecule has 5 nitrogen and oxygen atoms in total. The van der Waals surface area contributed by atoms with Crippen LogP contribution in [-0.2, 0) is 14.3 Å². The van der Waals surface area contributed by atoms with Gasteiger partial charge in [0.05, 0.1) is 18.4 Å². The van der Waals surface area contributed by atoms with E-state index in [9.17, 15) is 9.59 Å². The van der Waals surface area contributed by atoms with Gasteiger partial charge in [-0.3, -0.25) is 9.59 Å². The average Bonchev–Trinajstić information content (AvgIpc) is 2.91. The number of hydrogen-bond donors (Lipinski definition) is 2. The monoisotopic (exact) mass is 516 g/mol. The van der Waals surface area contributed by atoms with Crippen LogP contribution >= 0.6 is 0 Å². The van der Waals surface area contributed by atoms with Gasteiger partial charge >= 0.3 is 11.9 Å². The van der Waals surface area contributed by atoms with Gasteiger partial charge in [-0.25, -0.2) is 0 Å². The number of rotatable bonds is 5. The number of carbonyl (C=O) groups is 2. The zero-order valence-electron chi connectivity index (χ0n) is 24.3. The number of carbonyl (C=O) groups excluding carboxylic acids is 1. The number of fused-ring (bicyclic) bond motifs is 1. The van der Waals surface area contributed by atoms with Crippen molar-refractivity contribution in [2.45, 2.75) is 87.0 Å². The second-order valence-electron chi connectivity index (χ2n) is 10.8.